The van der Waals surface area contributed by atoms with E-state index in [1.165, 1.54) is 4.57 Å². The van der Waals surface area contributed by atoms with Gasteiger partial charge in [-0.1, -0.05) is 12.1 Å². The number of carbonyl (C=O) groups is 2. The van der Waals surface area contributed by atoms with Gasteiger partial charge in [0.05, 0.1) is 29.4 Å². The van der Waals surface area contributed by atoms with Gasteiger partial charge in [0, 0.05) is 32.8 Å². The Kier molecular flexibility index (Phi) is 10.1. The summed E-state index contributed by atoms with van der Waals surface area (Å²) >= 11 is 0. The van der Waals surface area contributed by atoms with E-state index < -0.39 is 18.4 Å². The van der Waals surface area contributed by atoms with E-state index >= 15 is 0 Å². The van der Waals surface area contributed by atoms with Crippen molar-refractivity contribution in [3.8, 4) is 0 Å². The van der Waals surface area contributed by atoms with Crippen LogP contribution in [0, 0.1) is 5.92 Å². The number of carbonyl (C=O) groups excluding carboxylic acids is 2. The molecule has 1 saturated carbocycles. The number of piperidine rings is 1. The van der Waals surface area contributed by atoms with E-state index in [4.69, 9.17) is 10.5 Å². The fraction of sp³-hybridized carbons (Fsp3) is 0.613. The number of likely N-dealkylation sites (N-methyl/N-ethyl adjacent to an activating group) is 1. The number of hydrogen-bond acceptors (Lipinski definition) is 7. The number of aryl methyl sites for hydroxylation is 2. The molecule has 2 aromatic heterocycles. The number of nitrogen functional groups attached to an aromatic ring is 1. The highest BCUT2D eigenvalue weighted by atomic mass is 19.3. The molecule has 1 aliphatic carbocycles. The molecule has 2 amide bonds. The van der Waals surface area contributed by atoms with Gasteiger partial charge in [-0.3, -0.25) is 28.7 Å². The number of benzene rings is 1. The van der Waals surface area contributed by atoms with Crippen molar-refractivity contribution in [1.29, 1.82) is 0 Å². The van der Waals surface area contributed by atoms with Gasteiger partial charge in [0.15, 0.2) is 5.69 Å². The molecule has 240 valence electrons. The number of hydrogen-bond donors (Lipinski definition) is 2. The van der Waals surface area contributed by atoms with Gasteiger partial charge < -0.3 is 15.4 Å². The molecule has 13 heteroatoms. The maximum atomic E-state index is 13.1. The van der Waals surface area contributed by atoms with Gasteiger partial charge in [-0.05, 0) is 82.5 Å². The first kappa shape index (κ1) is 31.8. The quantitative estimate of drug-likeness (QED) is 0.221. The van der Waals surface area contributed by atoms with Gasteiger partial charge >= 0.3 is 5.69 Å². The molecule has 44 heavy (non-hydrogen) atoms. The summed E-state index contributed by atoms with van der Waals surface area (Å²) in [6.45, 7) is 3.03. The van der Waals surface area contributed by atoms with Crippen molar-refractivity contribution in [3.05, 3.63) is 46.1 Å². The number of halogens is 2. The molecule has 11 nitrogen and oxygen atoms in total. The first-order valence-corrected chi connectivity index (χ1v) is 15.6. The summed E-state index contributed by atoms with van der Waals surface area (Å²) < 4.78 is 36.7. The summed E-state index contributed by atoms with van der Waals surface area (Å²) in [5, 5.41) is 6.38. The smallest absolute Gasteiger partial charge is 0.329 e. The van der Waals surface area contributed by atoms with Crippen LogP contribution in [-0.2, 0) is 27.8 Å². The Morgan fingerprint density at radius 2 is 1.89 bits per heavy atom. The number of alkyl halides is 2. The Labute approximate surface area is 255 Å². The number of nitrogens with one attached hydrogen (secondary N) is 1. The van der Waals surface area contributed by atoms with E-state index in [1.54, 1.807) is 22.5 Å². The zero-order valence-electron chi connectivity index (χ0n) is 25.5. The fourth-order valence-corrected chi connectivity index (χ4v) is 6.63. The second-order valence-electron chi connectivity index (χ2n) is 12.2. The second kappa shape index (κ2) is 14.0. The summed E-state index contributed by atoms with van der Waals surface area (Å²) in [5.74, 6) is -0.130. The zero-order chi connectivity index (χ0) is 31.4. The third kappa shape index (κ3) is 7.04. The minimum absolute atomic E-state index is 0.0667. The van der Waals surface area contributed by atoms with E-state index in [0.717, 1.165) is 69.1 Å². The number of rotatable bonds is 13. The fourth-order valence-electron chi connectivity index (χ4n) is 6.63. The van der Waals surface area contributed by atoms with E-state index in [2.05, 4.69) is 22.4 Å². The largest absolute Gasteiger partial charge is 0.396 e. The molecule has 0 radical (unpaired) electrons. The number of aromatic nitrogens is 4. The number of para-hydroxylation sites is 1. The van der Waals surface area contributed by atoms with Crippen LogP contribution in [0.25, 0.3) is 11.0 Å². The predicted octanol–water partition coefficient (Wildman–Crippen LogP) is 3.74. The highest BCUT2D eigenvalue weighted by Gasteiger charge is 2.31. The third-order valence-corrected chi connectivity index (χ3v) is 9.17. The predicted molar refractivity (Wildman–Crippen MR) is 162 cm³/mol. The van der Waals surface area contributed by atoms with Crippen LogP contribution < -0.4 is 16.7 Å². The molecule has 3 N–H and O–H groups in total. The van der Waals surface area contributed by atoms with Crippen LogP contribution in [0.1, 0.15) is 81.1 Å². The van der Waals surface area contributed by atoms with Crippen LogP contribution in [0.15, 0.2) is 29.2 Å². The lowest BCUT2D eigenvalue weighted by Gasteiger charge is -2.30. The molecule has 1 atom stereocenters. The Balaban J connectivity index is 1.01. The number of amides is 2. The number of ether oxygens (including phenoxy) is 1. The average Bonchev–Trinajstić information content (AvgIpc) is 3.51. The van der Waals surface area contributed by atoms with E-state index in [-0.39, 0.29) is 35.4 Å². The van der Waals surface area contributed by atoms with Crippen LogP contribution in [0.5, 0.6) is 0 Å². The molecule has 2 aliphatic rings. The van der Waals surface area contributed by atoms with Gasteiger partial charge in [0.2, 0.25) is 11.8 Å². The normalized spacial score (nSPS) is 21.1. The van der Waals surface area contributed by atoms with Crippen molar-refractivity contribution in [2.24, 2.45) is 13.0 Å². The van der Waals surface area contributed by atoms with E-state index in [9.17, 15) is 23.2 Å². The van der Waals surface area contributed by atoms with Crippen molar-refractivity contribution in [2.75, 3.05) is 39.1 Å². The van der Waals surface area contributed by atoms with Crippen molar-refractivity contribution in [1.82, 2.24) is 29.1 Å². The van der Waals surface area contributed by atoms with Gasteiger partial charge in [-0.15, -0.1) is 0 Å². The molecule has 2 fully saturated rings. The van der Waals surface area contributed by atoms with Crippen LogP contribution in [0.2, 0.25) is 0 Å². The Morgan fingerprint density at radius 1 is 1.11 bits per heavy atom. The molecule has 1 saturated heterocycles. The van der Waals surface area contributed by atoms with E-state index in [0.29, 0.717) is 31.1 Å². The number of anilines is 1. The van der Waals surface area contributed by atoms with Crippen LogP contribution in [-0.4, -0.2) is 69.0 Å². The van der Waals surface area contributed by atoms with Crippen molar-refractivity contribution >= 4 is 28.5 Å². The second-order valence-corrected chi connectivity index (χ2v) is 12.2. The standard InChI is InChI=1S/C31H43F2N7O4/c1-37(15-14-20-8-10-22(11-9-20)39-19-23(34)27(36-39)29(32)33)16-18-44-17-4-6-21-5-3-7-24-28(21)38(2)31(43)40(24)25-12-13-26(41)35-30(25)42/h3,5,7,19-20,22,25,29H,4,6,8-18,34H2,1-2H3,(H,35,41,42). The topological polar surface area (TPSA) is 129 Å². The average molecular weight is 616 g/mol. The Morgan fingerprint density at radius 3 is 2.59 bits per heavy atom. The first-order valence-electron chi connectivity index (χ1n) is 15.6. The molecule has 3 heterocycles. The van der Waals surface area contributed by atoms with Gasteiger partial charge in [-0.2, -0.15) is 5.10 Å². The van der Waals surface area contributed by atoms with Crippen molar-refractivity contribution in [3.63, 3.8) is 0 Å². The highest BCUT2D eigenvalue weighted by molar-refractivity contribution is 6.00. The lowest BCUT2D eigenvalue weighted by molar-refractivity contribution is -0.135. The molecule has 5 rings (SSSR count). The number of imide groups is 1. The minimum atomic E-state index is -2.65. The maximum Gasteiger partial charge on any atom is 0.329 e. The molecule has 3 aromatic rings. The molecular formula is C31H43F2N7O4. The Hall–Kier alpha value is -3.58. The summed E-state index contributed by atoms with van der Waals surface area (Å²) in [4.78, 5) is 39.5. The summed E-state index contributed by atoms with van der Waals surface area (Å²) in [7, 11) is 3.82. The number of imidazole rings is 1. The summed E-state index contributed by atoms with van der Waals surface area (Å²) in [6, 6.07) is 5.19. The van der Waals surface area contributed by atoms with E-state index in [1.807, 2.05) is 18.2 Å². The molecular weight excluding hydrogens is 572 g/mol. The van der Waals surface area contributed by atoms with Crippen LogP contribution >= 0.6 is 0 Å². The first-order chi connectivity index (χ1) is 21.1. The maximum absolute atomic E-state index is 13.1. The Bertz CT molecular complexity index is 1520. The molecule has 1 unspecified atom stereocenters. The summed E-state index contributed by atoms with van der Waals surface area (Å²) in [5.41, 5.74) is 7.72. The number of fused-ring (bicyclic) bond motifs is 1. The summed E-state index contributed by atoms with van der Waals surface area (Å²) in [6.07, 6.45) is 5.98. The molecule has 0 bridgehead atoms. The third-order valence-electron chi connectivity index (χ3n) is 9.17. The monoisotopic (exact) mass is 615 g/mol. The minimum Gasteiger partial charge on any atom is -0.396 e. The van der Waals surface area contributed by atoms with Gasteiger partial charge in [-0.25, -0.2) is 13.6 Å². The molecule has 0 spiro atoms. The lowest BCUT2D eigenvalue weighted by atomic mass is 9.84. The SMILES string of the molecule is CN(CCOCCCc1cccc2c1n(C)c(=O)n2C1CCC(=O)NC1=O)CCC1CCC(n2cc(N)c(C(F)F)n2)CC1. The zero-order valence-corrected chi connectivity index (χ0v) is 25.5. The number of nitrogens with two attached hydrogens (primary N) is 1. The van der Waals surface area contributed by atoms with Crippen LogP contribution in [0.4, 0.5) is 14.5 Å². The molecule has 1 aromatic carbocycles. The van der Waals surface area contributed by atoms with Crippen LogP contribution in [0.3, 0.4) is 0 Å². The van der Waals surface area contributed by atoms with Gasteiger partial charge in [0.1, 0.15) is 6.04 Å². The van der Waals surface area contributed by atoms with Crippen molar-refractivity contribution in [2.45, 2.75) is 76.3 Å². The molecule has 1 aliphatic heterocycles. The van der Waals surface area contributed by atoms with Crippen molar-refractivity contribution < 1.29 is 23.1 Å². The highest BCUT2D eigenvalue weighted by Crippen LogP contribution is 2.35. The van der Waals surface area contributed by atoms with Gasteiger partial charge in [0.25, 0.3) is 6.43 Å². The number of nitrogens with zero attached hydrogens (tertiary/aromatic N) is 5. The lowest BCUT2D eigenvalue weighted by Crippen LogP contribution is -2.44.